The molecule has 0 unspecified atom stereocenters. The zero-order chi connectivity index (χ0) is 23.0. The molecule has 3 heterocycles. The number of fused-ring (bicyclic) bond motifs is 1. The Bertz CT molecular complexity index is 1160. The third-order valence-corrected chi connectivity index (χ3v) is 6.15. The number of carbonyl (C=O) groups is 3. The molecular formula is C21H23ClN6O4. The third kappa shape index (κ3) is 4.31. The summed E-state index contributed by atoms with van der Waals surface area (Å²) in [5.74, 6) is -2.16. The maximum atomic E-state index is 13.0. The Morgan fingerprint density at radius 3 is 2.62 bits per heavy atom. The number of aromatic nitrogens is 2. The van der Waals surface area contributed by atoms with E-state index >= 15 is 0 Å². The zero-order valence-electron chi connectivity index (χ0n) is 17.4. The van der Waals surface area contributed by atoms with Crippen LogP contribution in [0.3, 0.4) is 0 Å². The van der Waals surface area contributed by atoms with Crippen LogP contribution >= 0.6 is 11.6 Å². The number of H-pyrrole nitrogens is 1. The van der Waals surface area contributed by atoms with Crippen molar-refractivity contribution in [2.75, 3.05) is 28.6 Å². The van der Waals surface area contributed by atoms with Crippen molar-refractivity contribution >= 4 is 46.8 Å². The fraction of sp³-hybridized carbons (Fsp3) is 0.381. The number of nitrogens with one attached hydrogen (secondary N) is 3. The number of aromatic amines is 1. The summed E-state index contributed by atoms with van der Waals surface area (Å²) in [5, 5.41) is 5.66. The minimum absolute atomic E-state index is 0.0622. The molecule has 1 atom stereocenters. The normalized spacial score (nSPS) is 18.6. The summed E-state index contributed by atoms with van der Waals surface area (Å²) in [6.07, 6.45) is 0.909. The predicted octanol–water partition coefficient (Wildman–Crippen LogP) is 1.50. The van der Waals surface area contributed by atoms with Crippen LogP contribution in [0.1, 0.15) is 36.3 Å². The van der Waals surface area contributed by atoms with Crippen molar-refractivity contribution in [2.45, 2.75) is 32.1 Å². The molecule has 4 rings (SSSR count). The molecule has 3 amide bonds. The van der Waals surface area contributed by atoms with Crippen LogP contribution in [-0.4, -0.2) is 40.8 Å². The number of carbonyl (C=O) groups excluding carboxylic acids is 3. The van der Waals surface area contributed by atoms with Crippen molar-refractivity contribution < 1.29 is 14.4 Å². The largest absolute Gasteiger partial charge is 0.369 e. The van der Waals surface area contributed by atoms with Gasteiger partial charge in [0.25, 0.3) is 5.56 Å². The Labute approximate surface area is 188 Å². The van der Waals surface area contributed by atoms with E-state index in [-0.39, 0.29) is 35.6 Å². The molecule has 11 heteroatoms. The number of anilines is 3. The molecule has 10 nitrogen and oxygen atoms in total. The molecule has 2 aliphatic heterocycles. The molecule has 0 saturated carbocycles. The molecular weight excluding hydrogens is 436 g/mol. The second kappa shape index (κ2) is 8.62. The standard InChI is InChI=1S/C21H23ClN6O4/c1-10-2-3-14(13(22)8-10)24-19(31)12-9-15(29)25-18-16(12)20(32)27-21(26-18)28-6-4-11(5-7-28)17(23)30/h2-3,8,11-12H,4-7,9H2,1H3,(H2,23,30)(H,24,31)(H2,25,26,27,29,32)/t12-/m0/s1. The van der Waals surface area contributed by atoms with E-state index in [1.165, 1.54) is 0 Å². The topological polar surface area (TPSA) is 150 Å². The Morgan fingerprint density at radius 1 is 1.25 bits per heavy atom. The lowest BCUT2D eigenvalue weighted by atomic mass is 9.92. The van der Waals surface area contributed by atoms with Crippen LogP contribution in [0.15, 0.2) is 23.0 Å². The van der Waals surface area contributed by atoms with Gasteiger partial charge in [0, 0.05) is 25.4 Å². The molecule has 5 N–H and O–H groups in total. The van der Waals surface area contributed by atoms with Crippen molar-refractivity contribution in [2.24, 2.45) is 11.7 Å². The lowest BCUT2D eigenvalue weighted by Crippen LogP contribution is -2.41. The number of rotatable bonds is 4. The summed E-state index contributed by atoms with van der Waals surface area (Å²) < 4.78 is 0. The summed E-state index contributed by atoms with van der Waals surface area (Å²) in [5.41, 5.74) is 6.30. The number of benzene rings is 1. The highest BCUT2D eigenvalue weighted by atomic mass is 35.5. The highest BCUT2D eigenvalue weighted by Crippen LogP contribution is 2.32. The average molecular weight is 459 g/mol. The van der Waals surface area contributed by atoms with Crippen LogP contribution in [0.5, 0.6) is 0 Å². The number of halogens is 1. The lowest BCUT2D eigenvalue weighted by molar-refractivity contribution is -0.123. The van der Waals surface area contributed by atoms with Crippen LogP contribution in [0.2, 0.25) is 5.02 Å². The minimum atomic E-state index is -1.01. The van der Waals surface area contributed by atoms with Crippen LogP contribution < -0.4 is 26.8 Å². The summed E-state index contributed by atoms with van der Waals surface area (Å²) in [7, 11) is 0. The summed E-state index contributed by atoms with van der Waals surface area (Å²) in [4.78, 5) is 58.5. The number of nitrogens with zero attached hydrogens (tertiary/aromatic N) is 2. The van der Waals surface area contributed by atoms with Gasteiger partial charge < -0.3 is 21.3 Å². The average Bonchev–Trinajstić information content (AvgIpc) is 2.74. The zero-order valence-corrected chi connectivity index (χ0v) is 18.2. The maximum absolute atomic E-state index is 13.0. The van der Waals surface area contributed by atoms with E-state index in [9.17, 15) is 19.2 Å². The van der Waals surface area contributed by atoms with Gasteiger partial charge in [0.1, 0.15) is 5.82 Å². The number of aryl methyl sites for hydroxylation is 1. The number of hydrogen-bond donors (Lipinski definition) is 4. The van der Waals surface area contributed by atoms with E-state index in [1.54, 1.807) is 18.2 Å². The number of piperidine rings is 1. The van der Waals surface area contributed by atoms with Gasteiger partial charge in [-0.25, -0.2) is 0 Å². The van der Waals surface area contributed by atoms with Gasteiger partial charge in [-0.15, -0.1) is 0 Å². The van der Waals surface area contributed by atoms with E-state index in [4.69, 9.17) is 17.3 Å². The number of amides is 3. The van der Waals surface area contributed by atoms with Gasteiger partial charge in [0.05, 0.1) is 22.2 Å². The van der Waals surface area contributed by atoms with E-state index in [2.05, 4.69) is 20.6 Å². The second-order valence-electron chi connectivity index (χ2n) is 8.09. The Balaban J connectivity index is 1.60. The van der Waals surface area contributed by atoms with Gasteiger partial charge in [-0.05, 0) is 37.5 Å². The first-order valence-electron chi connectivity index (χ1n) is 10.3. The maximum Gasteiger partial charge on any atom is 0.258 e. The molecule has 2 aromatic rings. The molecule has 0 aliphatic carbocycles. The Hall–Kier alpha value is -3.40. The van der Waals surface area contributed by atoms with Gasteiger partial charge >= 0.3 is 0 Å². The van der Waals surface area contributed by atoms with Crippen molar-refractivity contribution in [3.63, 3.8) is 0 Å². The van der Waals surface area contributed by atoms with Gasteiger partial charge in [-0.2, -0.15) is 4.98 Å². The van der Waals surface area contributed by atoms with Gasteiger partial charge in [-0.3, -0.25) is 24.2 Å². The summed E-state index contributed by atoms with van der Waals surface area (Å²) in [6.45, 7) is 2.84. The van der Waals surface area contributed by atoms with Crippen LogP contribution in [0.4, 0.5) is 17.5 Å². The molecule has 168 valence electrons. The molecule has 1 fully saturated rings. The van der Waals surface area contributed by atoms with Gasteiger partial charge in [0.15, 0.2) is 0 Å². The number of nitrogens with two attached hydrogens (primary N) is 1. The monoisotopic (exact) mass is 458 g/mol. The van der Waals surface area contributed by atoms with Crippen molar-refractivity contribution in [3.8, 4) is 0 Å². The van der Waals surface area contributed by atoms with E-state index in [0.29, 0.717) is 36.6 Å². The first-order valence-corrected chi connectivity index (χ1v) is 10.7. The van der Waals surface area contributed by atoms with Gasteiger partial charge in [0.2, 0.25) is 23.7 Å². The van der Waals surface area contributed by atoms with Crippen LogP contribution in [0.25, 0.3) is 0 Å². The summed E-state index contributed by atoms with van der Waals surface area (Å²) in [6, 6.07) is 5.17. The van der Waals surface area contributed by atoms with E-state index in [0.717, 1.165) is 5.56 Å². The third-order valence-electron chi connectivity index (χ3n) is 5.83. The quantitative estimate of drug-likeness (QED) is 0.545. The molecule has 32 heavy (non-hydrogen) atoms. The minimum Gasteiger partial charge on any atom is -0.369 e. The second-order valence-corrected chi connectivity index (χ2v) is 8.50. The fourth-order valence-electron chi connectivity index (χ4n) is 4.05. The molecule has 1 aromatic carbocycles. The van der Waals surface area contributed by atoms with E-state index in [1.807, 2.05) is 11.8 Å². The number of hydrogen-bond acceptors (Lipinski definition) is 6. The number of primary amides is 1. The van der Waals surface area contributed by atoms with Gasteiger partial charge in [-0.1, -0.05) is 17.7 Å². The van der Waals surface area contributed by atoms with Crippen molar-refractivity contribution in [1.82, 2.24) is 9.97 Å². The highest BCUT2D eigenvalue weighted by molar-refractivity contribution is 6.33. The first kappa shape index (κ1) is 21.8. The molecule has 1 saturated heterocycles. The van der Waals surface area contributed by atoms with Crippen LogP contribution in [-0.2, 0) is 14.4 Å². The fourth-order valence-corrected chi connectivity index (χ4v) is 4.33. The highest BCUT2D eigenvalue weighted by Gasteiger charge is 2.35. The first-order chi connectivity index (χ1) is 15.2. The molecule has 1 aromatic heterocycles. The molecule has 0 spiro atoms. The Morgan fingerprint density at radius 2 is 1.97 bits per heavy atom. The van der Waals surface area contributed by atoms with E-state index < -0.39 is 23.3 Å². The lowest BCUT2D eigenvalue weighted by Gasteiger charge is -2.32. The summed E-state index contributed by atoms with van der Waals surface area (Å²) >= 11 is 6.20. The molecule has 0 bridgehead atoms. The predicted molar refractivity (Wildman–Crippen MR) is 120 cm³/mol. The molecule has 0 radical (unpaired) electrons. The van der Waals surface area contributed by atoms with Crippen molar-refractivity contribution in [3.05, 3.63) is 44.7 Å². The molecule has 2 aliphatic rings. The van der Waals surface area contributed by atoms with Crippen LogP contribution in [0, 0.1) is 12.8 Å². The Kier molecular flexibility index (Phi) is 5.88. The SMILES string of the molecule is Cc1ccc(NC(=O)[C@H]2CC(=O)Nc3nc(N4CCC(C(N)=O)CC4)[nH]c(=O)c32)c(Cl)c1. The van der Waals surface area contributed by atoms with Crippen molar-refractivity contribution in [1.29, 1.82) is 0 Å². The smallest absolute Gasteiger partial charge is 0.258 e.